The van der Waals surface area contributed by atoms with Crippen molar-refractivity contribution in [2.75, 3.05) is 0 Å². The second kappa shape index (κ2) is 6.17. The molecule has 3 N–H and O–H groups in total. The van der Waals surface area contributed by atoms with Crippen LogP contribution in [0, 0.1) is 17.8 Å². The Bertz CT molecular complexity index is 258. The van der Waals surface area contributed by atoms with Gasteiger partial charge in [-0.1, -0.05) is 0 Å². The molecule has 0 aliphatic heterocycles. The number of nitrogens with one attached hydrogen (secondary N) is 1. The summed E-state index contributed by atoms with van der Waals surface area (Å²) in [7, 11) is 0. The van der Waals surface area contributed by atoms with Gasteiger partial charge in [0.1, 0.15) is 0 Å². The average molecular weight is 230 g/mol. The first-order valence-electron chi connectivity index (χ1n) is 5.82. The predicted octanol–water partition coefficient (Wildman–Crippen LogP) is 2.45. The van der Waals surface area contributed by atoms with Crippen molar-refractivity contribution in [2.45, 2.75) is 57.4 Å². The van der Waals surface area contributed by atoms with E-state index in [1.807, 2.05) is 0 Å². The van der Waals surface area contributed by atoms with E-state index in [9.17, 15) is 8.78 Å². The van der Waals surface area contributed by atoms with Crippen LogP contribution in [0.25, 0.3) is 0 Å². The van der Waals surface area contributed by atoms with Crippen LogP contribution in [0.1, 0.15) is 45.4 Å². The number of hydrogen-bond donors (Lipinski definition) is 2. The number of nitrogens with two attached hydrogens (primary N) is 1. The molecule has 0 radical (unpaired) electrons. The molecule has 1 unspecified atom stereocenters. The first kappa shape index (κ1) is 13.4. The molecule has 0 saturated heterocycles. The molecule has 4 heteroatoms. The second-order valence-electron chi connectivity index (χ2n) is 4.43. The number of halogens is 2. The molecule has 92 valence electrons. The Morgan fingerprint density at radius 2 is 2.06 bits per heavy atom. The lowest BCUT2D eigenvalue weighted by Gasteiger charge is -2.33. The maximum absolute atomic E-state index is 13.0. The standard InChI is InChI=1S/C12H20F2N2/c1-2-3-4-5-11(16-15)10-6-8-12(13,14)9-7-10/h10-11,16H,4-9,15H2,1H3. The Morgan fingerprint density at radius 3 is 2.56 bits per heavy atom. The number of alkyl halides is 2. The van der Waals surface area contributed by atoms with E-state index in [-0.39, 0.29) is 24.8 Å². The molecular weight excluding hydrogens is 210 g/mol. The van der Waals surface area contributed by atoms with Crippen molar-refractivity contribution < 1.29 is 8.78 Å². The molecule has 1 rings (SSSR count). The Hall–Kier alpha value is -0.660. The Morgan fingerprint density at radius 1 is 1.44 bits per heavy atom. The predicted molar refractivity (Wildman–Crippen MR) is 60.7 cm³/mol. The van der Waals surface area contributed by atoms with Crippen molar-refractivity contribution in [3.8, 4) is 11.8 Å². The SMILES string of the molecule is CC#CCCC(NN)C1CCC(F)(F)CC1. The van der Waals surface area contributed by atoms with Gasteiger partial charge in [-0.15, -0.1) is 11.8 Å². The maximum atomic E-state index is 13.0. The zero-order valence-corrected chi connectivity index (χ0v) is 9.73. The molecule has 0 aromatic heterocycles. The van der Waals surface area contributed by atoms with Crippen LogP contribution in [0.4, 0.5) is 8.78 Å². The molecule has 1 aliphatic carbocycles. The molecule has 16 heavy (non-hydrogen) atoms. The Balaban J connectivity index is 2.38. The third-order valence-electron chi connectivity index (χ3n) is 3.30. The van der Waals surface area contributed by atoms with Gasteiger partial charge in [-0.2, -0.15) is 0 Å². The van der Waals surface area contributed by atoms with Gasteiger partial charge in [-0.25, -0.2) is 8.78 Å². The quantitative estimate of drug-likeness (QED) is 0.442. The highest BCUT2D eigenvalue weighted by Crippen LogP contribution is 2.37. The van der Waals surface area contributed by atoms with Gasteiger partial charge >= 0.3 is 0 Å². The lowest BCUT2D eigenvalue weighted by atomic mass is 9.81. The maximum Gasteiger partial charge on any atom is 0.248 e. The molecule has 0 spiro atoms. The second-order valence-corrected chi connectivity index (χ2v) is 4.43. The molecule has 0 aromatic rings. The van der Waals surface area contributed by atoms with Crippen molar-refractivity contribution in [3.63, 3.8) is 0 Å². The van der Waals surface area contributed by atoms with E-state index in [0.717, 1.165) is 12.8 Å². The van der Waals surface area contributed by atoms with E-state index in [1.165, 1.54) is 0 Å². The zero-order chi connectivity index (χ0) is 12.0. The van der Waals surface area contributed by atoms with Gasteiger partial charge in [0.15, 0.2) is 0 Å². The van der Waals surface area contributed by atoms with Crippen LogP contribution >= 0.6 is 0 Å². The van der Waals surface area contributed by atoms with Crippen LogP contribution in [0.3, 0.4) is 0 Å². The summed E-state index contributed by atoms with van der Waals surface area (Å²) in [5.74, 6) is 9.07. The topological polar surface area (TPSA) is 38.0 Å². The molecule has 0 heterocycles. The Kier molecular flexibility index (Phi) is 5.17. The van der Waals surface area contributed by atoms with Crippen LogP contribution in [0.15, 0.2) is 0 Å². The van der Waals surface area contributed by atoms with Crippen LogP contribution in [0.5, 0.6) is 0 Å². The van der Waals surface area contributed by atoms with Crippen LogP contribution in [-0.2, 0) is 0 Å². The molecule has 2 nitrogen and oxygen atoms in total. The summed E-state index contributed by atoms with van der Waals surface area (Å²) in [6.45, 7) is 1.80. The van der Waals surface area contributed by atoms with E-state index in [4.69, 9.17) is 5.84 Å². The minimum absolute atomic E-state index is 0.00466. The summed E-state index contributed by atoms with van der Waals surface area (Å²) in [6, 6.07) is 0.122. The van der Waals surface area contributed by atoms with E-state index in [2.05, 4.69) is 17.3 Å². The van der Waals surface area contributed by atoms with Gasteiger partial charge in [0.2, 0.25) is 5.92 Å². The molecule has 0 aromatic carbocycles. The van der Waals surface area contributed by atoms with E-state index in [0.29, 0.717) is 12.8 Å². The molecule has 1 fully saturated rings. The monoisotopic (exact) mass is 230 g/mol. The van der Waals surface area contributed by atoms with Gasteiger partial charge < -0.3 is 0 Å². The van der Waals surface area contributed by atoms with Gasteiger partial charge in [-0.3, -0.25) is 11.3 Å². The summed E-state index contributed by atoms with van der Waals surface area (Å²) < 4.78 is 26.0. The largest absolute Gasteiger partial charge is 0.271 e. The van der Waals surface area contributed by atoms with Crippen LogP contribution in [0.2, 0.25) is 0 Å². The van der Waals surface area contributed by atoms with E-state index >= 15 is 0 Å². The zero-order valence-electron chi connectivity index (χ0n) is 9.73. The highest BCUT2D eigenvalue weighted by Gasteiger charge is 2.37. The lowest BCUT2D eigenvalue weighted by Crippen LogP contribution is -2.43. The average Bonchev–Trinajstić information content (AvgIpc) is 2.25. The molecule has 1 aliphatic rings. The van der Waals surface area contributed by atoms with E-state index < -0.39 is 5.92 Å². The fourth-order valence-corrected chi connectivity index (χ4v) is 2.27. The third-order valence-corrected chi connectivity index (χ3v) is 3.30. The molecule has 0 amide bonds. The fourth-order valence-electron chi connectivity index (χ4n) is 2.27. The number of hydrazine groups is 1. The summed E-state index contributed by atoms with van der Waals surface area (Å²) in [5, 5.41) is 0. The lowest BCUT2D eigenvalue weighted by molar-refractivity contribution is -0.0498. The van der Waals surface area contributed by atoms with Crippen LogP contribution < -0.4 is 11.3 Å². The van der Waals surface area contributed by atoms with Crippen molar-refractivity contribution in [1.82, 2.24) is 5.43 Å². The number of hydrogen-bond acceptors (Lipinski definition) is 2. The number of rotatable bonds is 4. The van der Waals surface area contributed by atoms with Gasteiger partial charge in [0.05, 0.1) is 0 Å². The van der Waals surface area contributed by atoms with Gasteiger partial charge in [0, 0.05) is 25.3 Å². The molecule has 0 bridgehead atoms. The highest BCUT2D eigenvalue weighted by atomic mass is 19.3. The third kappa shape index (κ3) is 4.07. The van der Waals surface area contributed by atoms with Crippen molar-refractivity contribution >= 4 is 0 Å². The van der Waals surface area contributed by atoms with Gasteiger partial charge in [0.25, 0.3) is 0 Å². The van der Waals surface area contributed by atoms with Gasteiger partial charge in [-0.05, 0) is 32.1 Å². The summed E-state index contributed by atoms with van der Waals surface area (Å²) in [4.78, 5) is 0. The summed E-state index contributed by atoms with van der Waals surface area (Å²) in [5.41, 5.74) is 2.75. The minimum atomic E-state index is -2.46. The smallest absolute Gasteiger partial charge is 0.248 e. The highest BCUT2D eigenvalue weighted by molar-refractivity contribution is 4.96. The molecule has 1 atom stereocenters. The van der Waals surface area contributed by atoms with Crippen molar-refractivity contribution in [2.24, 2.45) is 11.8 Å². The summed E-state index contributed by atoms with van der Waals surface area (Å²) in [6.07, 6.45) is 2.72. The minimum Gasteiger partial charge on any atom is -0.271 e. The van der Waals surface area contributed by atoms with E-state index in [1.54, 1.807) is 6.92 Å². The van der Waals surface area contributed by atoms with Crippen molar-refractivity contribution in [1.29, 1.82) is 0 Å². The van der Waals surface area contributed by atoms with Crippen LogP contribution in [-0.4, -0.2) is 12.0 Å². The normalized spacial score (nSPS) is 22.2. The molecule has 1 saturated carbocycles. The summed E-state index contributed by atoms with van der Waals surface area (Å²) >= 11 is 0. The fraction of sp³-hybridized carbons (Fsp3) is 0.833. The Labute approximate surface area is 95.9 Å². The first-order valence-corrected chi connectivity index (χ1v) is 5.82. The van der Waals surface area contributed by atoms with Crippen molar-refractivity contribution in [3.05, 3.63) is 0 Å². The molecular formula is C12H20F2N2. The first-order chi connectivity index (χ1) is 7.59.